The van der Waals surface area contributed by atoms with Crippen LogP contribution < -0.4 is 15.8 Å². The highest BCUT2D eigenvalue weighted by Gasteiger charge is 2.19. The molecule has 0 atom stereocenters. The number of ether oxygens (including phenoxy) is 1. The van der Waals surface area contributed by atoms with E-state index in [9.17, 15) is 9.59 Å². The first kappa shape index (κ1) is 22.3. The third-order valence-electron chi connectivity index (χ3n) is 5.00. The Labute approximate surface area is 194 Å². The number of anilines is 1. The van der Waals surface area contributed by atoms with E-state index in [4.69, 9.17) is 4.74 Å². The predicted molar refractivity (Wildman–Crippen MR) is 124 cm³/mol. The SMILES string of the molecule is Cc1ccc(Sc2ncccc2C(=O)NNC(=O)c2csc(N3CCOCC3)n2)cc1C. The third kappa shape index (κ3) is 5.26. The van der Waals surface area contributed by atoms with E-state index < -0.39 is 11.8 Å². The second-order valence-electron chi connectivity index (χ2n) is 7.23. The van der Waals surface area contributed by atoms with Crippen molar-refractivity contribution in [2.24, 2.45) is 0 Å². The van der Waals surface area contributed by atoms with Gasteiger partial charge >= 0.3 is 0 Å². The number of rotatable bonds is 5. The smallest absolute Gasteiger partial charge is 0.289 e. The van der Waals surface area contributed by atoms with E-state index in [2.05, 4.69) is 38.7 Å². The van der Waals surface area contributed by atoms with Crippen molar-refractivity contribution >= 4 is 40.0 Å². The molecule has 32 heavy (non-hydrogen) atoms. The summed E-state index contributed by atoms with van der Waals surface area (Å²) >= 11 is 2.80. The normalized spacial score (nSPS) is 13.6. The average Bonchev–Trinajstić information content (AvgIpc) is 3.31. The molecular weight excluding hydrogens is 446 g/mol. The molecule has 8 nitrogen and oxygen atoms in total. The van der Waals surface area contributed by atoms with Crippen molar-refractivity contribution in [2.75, 3.05) is 31.2 Å². The Bertz CT molecular complexity index is 1130. The van der Waals surface area contributed by atoms with Gasteiger partial charge in [-0.25, -0.2) is 9.97 Å². The van der Waals surface area contributed by atoms with Gasteiger partial charge < -0.3 is 9.64 Å². The van der Waals surface area contributed by atoms with Gasteiger partial charge in [0.1, 0.15) is 10.7 Å². The molecule has 1 fully saturated rings. The summed E-state index contributed by atoms with van der Waals surface area (Å²) in [6.45, 7) is 6.87. The van der Waals surface area contributed by atoms with Crippen LogP contribution >= 0.6 is 23.1 Å². The third-order valence-corrected chi connectivity index (χ3v) is 6.91. The number of benzene rings is 1. The Morgan fingerprint density at radius 3 is 2.66 bits per heavy atom. The number of hydrazine groups is 1. The van der Waals surface area contributed by atoms with Crippen molar-refractivity contribution < 1.29 is 14.3 Å². The maximum atomic E-state index is 12.7. The summed E-state index contributed by atoms with van der Waals surface area (Å²) < 4.78 is 5.34. The number of thiazole rings is 1. The number of hydrogen-bond acceptors (Lipinski definition) is 8. The molecule has 4 rings (SSSR count). The van der Waals surface area contributed by atoms with Gasteiger partial charge in [0.2, 0.25) is 0 Å². The van der Waals surface area contributed by atoms with Gasteiger partial charge in [0.15, 0.2) is 5.13 Å². The Kier molecular flexibility index (Phi) is 7.03. The summed E-state index contributed by atoms with van der Waals surface area (Å²) in [7, 11) is 0. The summed E-state index contributed by atoms with van der Waals surface area (Å²) in [5, 5.41) is 3.01. The van der Waals surface area contributed by atoms with Crippen LogP contribution in [0.1, 0.15) is 32.0 Å². The molecule has 3 heterocycles. The zero-order valence-corrected chi connectivity index (χ0v) is 19.4. The molecule has 2 N–H and O–H groups in total. The lowest BCUT2D eigenvalue weighted by atomic mass is 10.1. The standard InChI is InChI=1S/C22H23N5O3S2/c1-14-5-6-16(12-15(14)2)32-21-17(4-3-7-23-21)19(28)25-26-20(29)18-13-31-22(24-18)27-8-10-30-11-9-27/h3-7,12-13H,8-11H2,1-2H3,(H,25,28)(H,26,29). The Balaban J connectivity index is 1.39. The number of pyridine rings is 1. The van der Waals surface area contributed by atoms with Gasteiger partial charge in [-0.3, -0.25) is 20.4 Å². The quantitative estimate of drug-likeness (QED) is 0.554. The Hall–Kier alpha value is -2.95. The highest BCUT2D eigenvalue weighted by atomic mass is 32.2. The van der Waals surface area contributed by atoms with Crippen LogP contribution in [0.15, 0.2) is 51.8 Å². The number of aryl methyl sites for hydroxylation is 2. The molecule has 166 valence electrons. The fourth-order valence-electron chi connectivity index (χ4n) is 3.05. The second-order valence-corrected chi connectivity index (χ2v) is 9.13. The summed E-state index contributed by atoms with van der Waals surface area (Å²) in [5.41, 5.74) is 7.93. The van der Waals surface area contributed by atoms with Crippen molar-refractivity contribution in [1.82, 2.24) is 20.8 Å². The molecule has 2 amide bonds. The van der Waals surface area contributed by atoms with E-state index >= 15 is 0 Å². The Morgan fingerprint density at radius 2 is 1.88 bits per heavy atom. The molecule has 0 unspecified atom stereocenters. The Morgan fingerprint density at radius 1 is 1.09 bits per heavy atom. The molecule has 0 saturated carbocycles. The molecule has 0 radical (unpaired) electrons. The van der Waals surface area contributed by atoms with Gasteiger partial charge in [0, 0.05) is 29.6 Å². The number of carbonyl (C=O) groups excluding carboxylic acids is 2. The fourth-order valence-corrected chi connectivity index (χ4v) is 4.89. The molecular formula is C22H23N5O3S2. The van der Waals surface area contributed by atoms with Gasteiger partial charge in [-0.05, 0) is 49.2 Å². The lowest BCUT2D eigenvalue weighted by molar-refractivity contribution is 0.0842. The first-order chi connectivity index (χ1) is 15.5. The molecule has 1 aliphatic rings. The van der Waals surface area contributed by atoms with Crippen LogP contribution in [-0.2, 0) is 4.74 Å². The van der Waals surface area contributed by atoms with Gasteiger partial charge in [-0.15, -0.1) is 11.3 Å². The maximum Gasteiger partial charge on any atom is 0.289 e. The molecule has 2 aromatic heterocycles. The van der Waals surface area contributed by atoms with Crippen LogP contribution in [-0.4, -0.2) is 48.1 Å². The molecule has 0 aliphatic carbocycles. The second kappa shape index (κ2) is 10.1. The number of nitrogens with zero attached hydrogens (tertiary/aromatic N) is 3. The highest BCUT2D eigenvalue weighted by molar-refractivity contribution is 7.99. The number of nitrogens with one attached hydrogen (secondary N) is 2. The zero-order valence-electron chi connectivity index (χ0n) is 17.8. The minimum atomic E-state index is -0.471. The van der Waals surface area contributed by atoms with Crippen molar-refractivity contribution in [2.45, 2.75) is 23.8 Å². The molecule has 3 aromatic rings. The van der Waals surface area contributed by atoms with Crippen LogP contribution in [0.4, 0.5) is 5.13 Å². The van der Waals surface area contributed by atoms with E-state index in [1.165, 1.54) is 34.2 Å². The van der Waals surface area contributed by atoms with Crippen LogP contribution in [0.5, 0.6) is 0 Å². The summed E-state index contributed by atoms with van der Waals surface area (Å²) in [4.78, 5) is 37.0. The largest absolute Gasteiger partial charge is 0.378 e. The van der Waals surface area contributed by atoms with Gasteiger partial charge in [-0.2, -0.15) is 0 Å². The molecule has 10 heteroatoms. The topological polar surface area (TPSA) is 96.5 Å². The van der Waals surface area contributed by atoms with Crippen LogP contribution in [0.2, 0.25) is 0 Å². The molecule has 1 saturated heterocycles. The minimum absolute atomic E-state index is 0.257. The summed E-state index contributed by atoms with van der Waals surface area (Å²) in [5.74, 6) is -0.914. The van der Waals surface area contributed by atoms with Crippen molar-refractivity contribution in [3.8, 4) is 0 Å². The minimum Gasteiger partial charge on any atom is -0.378 e. The van der Waals surface area contributed by atoms with E-state index in [-0.39, 0.29) is 5.69 Å². The lowest BCUT2D eigenvalue weighted by Crippen LogP contribution is -2.42. The maximum absolute atomic E-state index is 12.7. The zero-order chi connectivity index (χ0) is 22.5. The first-order valence-corrected chi connectivity index (χ1v) is 11.8. The van der Waals surface area contributed by atoms with E-state index in [0.29, 0.717) is 23.8 Å². The van der Waals surface area contributed by atoms with Crippen LogP contribution in [0, 0.1) is 13.8 Å². The average molecular weight is 470 g/mol. The monoisotopic (exact) mass is 469 g/mol. The summed E-state index contributed by atoms with van der Waals surface area (Å²) in [6.07, 6.45) is 1.64. The van der Waals surface area contributed by atoms with Crippen LogP contribution in [0.3, 0.4) is 0 Å². The predicted octanol–water partition coefficient (Wildman–Crippen LogP) is 3.22. The molecule has 0 spiro atoms. The van der Waals surface area contributed by atoms with Crippen molar-refractivity contribution in [3.63, 3.8) is 0 Å². The summed E-state index contributed by atoms with van der Waals surface area (Å²) in [6, 6.07) is 9.47. The van der Waals surface area contributed by atoms with E-state index in [1.807, 2.05) is 19.1 Å². The number of hydrogen-bond donors (Lipinski definition) is 2. The number of amides is 2. The molecule has 0 bridgehead atoms. The van der Waals surface area contributed by atoms with E-state index in [0.717, 1.165) is 23.1 Å². The van der Waals surface area contributed by atoms with Crippen molar-refractivity contribution in [1.29, 1.82) is 0 Å². The number of carbonyl (C=O) groups is 2. The fraction of sp³-hybridized carbons (Fsp3) is 0.273. The van der Waals surface area contributed by atoms with E-state index in [1.54, 1.807) is 23.7 Å². The molecule has 1 aromatic carbocycles. The number of aromatic nitrogens is 2. The molecule has 1 aliphatic heterocycles. The highest BCUT2D eigenvalue weighted by Crippen LogP contribution is 2.30. The van der Waals surface area contributed by atoms with Gasteiger partial charge in [0.25, 0.3) is 11.8 Å². The lowest BCUT2D eigenvalue weighted by Gasteiger charge is -2.25. The van der Waals surface area contributed by atoms with Gasteiger partial charge in [0.05, 0.1) is 18.8 Å². The number of morpholine rings is 1. The van der Waals surface area contributed by atoms with Crippen LogP contribution in [0.25, 0.3) is 0 Å². The van der Waals surface area contributed by atoms with Gasteiger partial charge in [-0.1, -0.05) is 17.8 Å². The van der Waals surface area contributed by atoms with Crippen molar-refractivity contribution in [3.05, 3.63) is 64.3 Å². The first-order valence-electron chi connectivity index (χ1n) is 10.1.